The Morgan fingerprint density at radius 1 is 1.00 bits per heavy atom. The summed E-state index contributed by atoms with van der Waals surface area (Å²) >= 11 is 0. The summed E-state index contributed by atoms with van der Waals surface area (Å²) in [5.41, 5.74) is 2.91. The maximum Gasteiger partial charge on any atom is 0.0322 e. The largest absolute Gasteiger partial charge is 0.310 e. The monoisotopic (exact) mass is 275 g/mol. The van der Waals surface area contributed by atoms with Crippen molar-refractivity contribution < 1.29 is 0 Å². The molecule has 1 heteroatoms. The van der Waals surface area contributed by atoms with Gasteiger partial charge in [-0.1, -0.05) is 65.3 Å². The van der Waals surface area contributed by atoms with Crippen molar-refractivity contribution >= 4 is 0 Å². The van der Waals surface area contributed by atoms with Crippen LogP contribution in [-0.4, -0.2) is 6.54 Å². The molecule has 1 aromatic rings. The van der Waals surface area contributed by atoms with Gasteiger partial charge in [0.25, 0.3) is 0 Å². The summed E-state index contributed by atoms with van der Waals surface area (Å²) in [6, 6.07) is 9.79. The molecule has 114 valence electrons. The van der Waals surface area contributed by atoms with Gasteiger partial charge in [0.1, 0.15) is 0 Å². The summed E-state index contributed by atoms with van der Waals surface area (Å²) in [7, 11) is 0. The highest BCUT2D eigenvalue weighted by Crippen LogP contribution is 2.24. The van der Waals surface area contributed by atoms with Gasteiger partial charge in [-0.05, 0) is 48.8 Å². The smallest absolute Gasteiger partial charge is 0.0322 e. The van der Waals surface area contributed by atoms with E-state index in [9.17, 15) is 0 Å². The zero-order valence-corrected chi connectivity index (χ0v) is 14.1. The normalized spacial score (nSPS) is 14.5. The summed E-state index contributed by atoms with van der Waals surface area (Å²) in [6.45, 7) is 12.5. The molecule has 0 aliphatic rings. The van der Waals surface area contributed by atoms with Crippen LogP contribution in [0, 0.1) is 11.8 Å². The summed E-state index contributed by atoms with van der Waals surface area (Å²) in [6.07, 6.45) is 4.87. The van der Waals surface area contributed by atoms with Crippen LogP contribution in [0.3, 0.4) is 0 Å². The molecule has 0 aromatic heterocycles. The molecule has 20 heavy (non-hydrogen) atoms. The first kappa shape index (κ1) is 17.2. The third-order valence-corrected chi connectivity index (χ3v) is 4.00. The molecule has 0 radical (unpaired) electrons. The van der Waals surface area contributed by atoms with Crippen LogP contribution in [0.5, 0.6) is 0 Å². The van der Waals surface area contributed by atoms with Crippen LogP contribution < -0.4 is 5.32 Å². The van der Waals surface area contributed by atoms with Crippen LogP contribution >= 0.6 is 0 Å². The van der Waals surface area contributed by atoms with Crippen molar-refractivity contribution in [1.29, 1.82) is 0 Å². The molecule has 1 rings (SSSR count). The van der Waals surface area contributed by atoms with Gasteiger partial charge in [-0.25, -0.2) is 0 Å². The molecular formula is C19H33N. The van der Waals surface area contributed by atoms with E-state index in [1.165, 1.54) is 36.8 Å². The van der Waals surface area contributed by atoms with E-state index in [1.54, 1.807) is 0 Å². The van der Waals surface area contributed by atoms with Crippen LogP contribution in [0.15, 0.2) is 24.3 Å². The Morgan fingerprint density at radius 2 is 1.65 bits per heavy atom. The van der Waals surface area contributed by atoms with Gasteiger partial charge in [-0.2, -0.15) is 0 Å². The maximum atomic E-state index is 3.71. The van der Waals surface area contributed by atoms with Crippen LogP contribution in [-0.2, 0) is 6.42 Å². The minimum Gasteiger partial charge on any atom is -0.310 e. The summed E-state index contributed by atoms with van der Waals surface area (Å²) < 4.78 is 0. The Labute approximate surface area is 126 Å². The van der Waals surface area contributed by atoms with Gasteiger partial charge in [0, 0.05) is 6.04 Å². The molecule has 0 amide bonds. The first-order valence-corrected chi connectivity index (χ1v) is 8.39. The van der Waals surface area contributed by atoms with Gasteiger partial charge < -0.3 is 5.32 Å². The molecule has 0 fully saturated rings. The van der Waals surface area contributed by atoms with Crippen molar-refractivity contribution in [3.05, 3.63) is 35.4 Å². The van der Waals surface area contributed by atoms with Gasteiger partial charge >= 0.3 is 0 Å². The van der Waals surface area contributed by atoms with E-state index >= 15 is 0 Å². The number of benzene rings is 1. The summed E-state index contributed by atoms with van der Waals surface area (Å²) in [4.78, 5) is 0. The van der Waals surface area contributed by atoms with Gasteiger partial charge in [0.2, 0.25) is 0 Å². The molecule has 0 saturated carbocycles. The third-order valence-electron chi connectivity index (χ3n) is 4.00. The molecule has 0 spiro atoms. The van der Waals surface area contributed by atoms with E-state index in [4.69, 9.17) is 0 Å². The predicted octanol–water partition coefficient (Wildman–Crippen LogP) is 5.36. The average molecular weight is 275 g/mol. The van der Waals surface area contributed by atoms with Gasteiger partial charge in [0.05, 0.1) is 0 Å². The summed E-state index contributed by atoms with van der Waals surface area (Å²) in [5.74, 6) is 1.51. The van der Waals surface area contributed by atoms with Crippen LogP contribution in [0.25, 0.3) is 0 Å². The molecule has 0 aliphatic carbocycles. The second-order valence-corrected chi connectivity index (χ2v) is 6.60. The first-order chi connectivity index (χ1) is 9.56. The fourth-order valence-corrected chi connectivity index (χ4v) is 2.58. The average Bonchev–Trinajstić information content (AvgIpc) is 2.43. The predicted molar refractivity (Wildman–Crippen MR) is 90.1 cm³/mol. The number of hydrogen-bond donors (Lipinski definition) is 1. The Kier molecular flexibility index (Phi) is 7.91. The van der Waals surface area contributed by atoms with Gasteiger partial charge in [-0.3, -0.25) is 0 Å². The SMILES string of the molecule is CCCNC(CC(C)CC)c1ccc(CC(C)C)cc1. The quantitative estimate of drug-likeness (QED) is 0.639. The second-order valence-electron chi connectivity index (χ2n) is 6.60. The van der Waals surface area contributed by atoms with E-state index in [1.807, 2.05) is 0 Å². The van der Waals surface area contributed by atoms with E-state index in [2.05, 4.69) is 64.2 Å². The summed E-state index contributed by atoms with van der Waals surface area (Å²) in [5, 5.41) is 3.71. The Hall–Kier alpha value is -0.820. The highest BCUT2D eigenvalue weighted by molar-refractivity contribution is 5.25. The van der Waals surface area contributed by atoms with Crippen LogP contribution in [0.4, 0.5) is 0 Å². The molecule has 1 N–H and O–H groups in total. The molecule has 2 atom stereocenters. The fraction of sp³-hybridized carbons (Fsp3) is 0.684. The van der Waals surface area contributed by atoms with Gasteiger partial charge in [-0.15, -0.1) is 0 Å². The van der Waals surface area contributed by atoms with Crippen LogP contribution in [0.2, 0.25) is 0 Å². The zero-order valence-electron chi connectivity index (χ0n) is 14.1. The van der Waals surface area contributed by atoms with Crippen molar-refractivity contribution in [3.8, 4) is 0 Å². The maximum absolute atomic E-state index is 3.71. The second kappa shape index (κ2) is 9.18. The van der Waals surface area contributed by atoms with Gasteiger partial charge in [0.15, 0.2) is 0 Å². The zero-order chi connectivity index (χ0) is 15.0. The Balaban J connectivity index is 2.73. The van der Waals surface area contributed by atoms with Crippen molar-refractivity contribution in [3.63, 3.8) is 0 Å². The van der Waals surface area contributed by atoms with Crippen molar-refractivity contribution in [1.82, 2.24) is 5.32 Å². The lowest BCUT2D eigenvalue weighted by Crippen LogP contribution is -2.24. The van der Waals surface area contributed by atoms with E-state index in [-0.39, 0.29) is 0 Å². The van der Waals surface area contributed by atoms with Crippen molar-refractivity contribution in [2.75, 3.05) is 6.54 Å². The Bertz CT molecular complexity index is 353. The van der Waals surface area contributed by atoms with Crippen molar-refractivity contribution in [2.45, 2.75) is 66.3 Å². The van der Waals surface area contributed by atoms with E-state index in [0.29, 0.717) is 6.04 Å². The topological polar surface area (TPSA) is 12.0 Å². The fourth-order valence-electron chi connectivity index (χ4n) is 2.58. The lowest BCUT2D eigenvalue weighted by Gasteiger charge is -2.22. The van der Waals surface area contributed by atoms with E-state index in [0.717, 1.165) is 18.4 Å². The Morgan fingerprint density at radius 3 is 2.15 bits per heavy atom. The lowest BCUT2D eigenvalue weighted by atomic mass is 9.92. The molecule has 0 aliphatic heterocycles. The highest BCUT2D eigenvalue weighted by Gasteiger charge is 2.13. The minimum atomic E-state index is 0.512. The molecule has 0 heterocycles. The highest BCUT2D eigenvalue weighted by atomic mass is 14.9. The standard InChI is InChI=1S/C19H33N/c1-6-12-20-19(14-16(5)7-2)18-10-8-17(9-11-18)13-15(3)4/h8-11,15-16,19-20H,6-7,12-14H2,1-5H3. The number of hydrogen-bond acceptors (Lipinski definition) is 1. The number of nitrogens with one attached hydrogen (secondary N) is 1. The van der Waals surface area contributed by atoms with Crippen LogP contribution in [0.1, 0.15) is 71.0 Å². The molecular weight excluding hydrogens is 242 g/mol. The first-order valence-electron chi connectivity index (χ1n) is 8.39. The molecule has 0 saturated heterocycles. The molecule has 2 unspecified atom stereocenters. The van der Waals surface area contributed by atoms with E-state index < -0.39 is 0 Å². The minimum absolute atomic E-state index is 0.512. The lowest BCUT2D eigenvalue weighted by molar-refractivity contribution is 0.402. The third kappa shape index (κ3) is 6.09. The molecule has 1 aromatic carbocycles. The van der Waals surface area contributed by atoms with Crippen molar-refractivity contribution in [2.24, 2.45) is 11.8 Å². The molecule has 0 bridgehead atoms. The molecule has 1 nitrogen and oxygen atoms in total. The number of rotatable bonds is 9.